The molecule has 2 unspecified atom stereocenters. The van der Waals surface area contributed by atoms with E-state index < -0.39 is 12.1 Å². The summed E-state index contributed by atoms with van der Waals surface area (Å²) in [5.74, 6) is -0.950. The number of ether oxygens (including phenoxy) is 1. The van der Waals surface area contributed by atoms with Crippen LogP contribution in [0.15, 0.2) is 12.4 Å². The van der Waals surface area contributed by atoms with Crippen LogP contribution in [0.3, 0.4) is 0 Å². The second-order valence-electron chi connectivity index (χ2n) is 4.75. The molecule has 1 saturated heterocycles. The minimum Gasteiger partial charge on any atom is -0.479 e. The average molecular weight is 282 g/mol. The monoisotopic (exact) mass is 282 g/mol. The Morgan fingerprint density at radius 3 is 2.90 bits per heavy atom. The van der Waals surface area contributed by atoms with Crippen LogP contribution in [-0.2, 0) is 23.1 Å². The van der Waals surface area contributed by atoms with Crippen LogP contribution in [0.4, 0.5) is 4.79 Å². The van der Waals surface area contributed by atoms with Gasteiger partial charge in [-0.1, -0.05) is 0 Å². The third kappa shape index (κ3) is 3.95. The highest BCUT2D eigenvalue weighted by molar-refractivity contribution is 5.74. The summed E-state index contributed by atoms with van der Waals surface area (Å²) in [4.78, 5) is 22.3. The van der Waals surface area contributed by atoms with Gasteiger partial charge in [0.25, 0.3) is 0 Å². The number of rotatable bonds is 5. The first kappa shape index (κ1) is 14.3. The van der Waals surface area contributed by atoms with Gasteiger partial charge in [-0.05, 0) is 12.8 Å². The fourth-order valence-corrected chi connectivity index (χ4v) is 2.05. The highest BCUT2D eigenvalue weighted by Gasteiger charge is 2.30. The molecule has 2 atom stereocenters. The first-order valence-electron chi connectivity index (χ1n) is 6.42. The fraction of sp³-hybridized carbons (Fsp3) is 0.583. The van der Waals surface area contributed by atoms with Crippen molar-refractivity contribution < 1.29 is 19.4 Å². The molecule has 110 valence electrons. The van der Waals surface area contributed by atoms with Gasteiger partial charge < -0.3 is 20.5 Å². The number of carboxylic acid groups (broad SMARTS) is 1. The summed E-state index contributed by atoms with van der Waals surface area (Å²) < 4.78 is 6.94. The number of hydrogen-bond donors (Lipinski definition) is 3. The molecule has 3 N–H and O–H groups in total. The van der Waals surface area contributed by atoms with Gasteiger partial charge in [-0.2, -0.15) is 5.10 Å². The molecular weight excluding hydrogens is 264 g/mol. The minimum absolute atomic E-state index is 0.236. The van der Waals surface area contributed by atoms with Crippen molar-refractivity contribution in [2.75, 3.05) is 6.54 Å². The van der Waals surface area contributed by atoms with E-state index in [1.54, 1.807) is 17.9 Å². The van der Waals surface area contributed by atoms with E-state index in [2.05, 4.69) is 15.7 Å². The van der Waals surface area contributed by atoms with E-state index in [0.29, 0.717) is 25.9 Å². The van der Waals surface area contributed by atoms with E-state index in [-0.39, 0.29) is 12.1 Å². The zero-order chi connectivity index (χ0) is 14.5. The van der Waals surface area contributed by atoms with Crippen LogP contribution < -0.4 is 10.6 Å². The lowest BCUT2D eigenvalue weighted by Gasteiger charge is -2.12. The zero-order valence-electron chi connectivity index (χ0n) is 11.2. The van der Waals surface area contributed by atoms with Crippen LogP contribution in [0, 0.1) is 0 Å². The summed E-state index contributed by atoms with van der Waals surface area (Å²) in [6, 6.07) is -0.309. The van der Waals surface area contributed by atoms with Crippen LogP contribution in [0.2, 0.25) is 0 Å². The van der Waals surface area contributed by atoms with Gasteiger partial charge in [0.2, 0.25) is 0 Å². The lowest BCUT2D eigenvalue weighted by atomic mass is 10.2. The standard InChI is InChI=1S/C12H18N4O4/c1-16-7-8(5-15-16)4-13-12(19)14-6-9-2-3-10(20-9)11(17)18/h5,7,9-10H,2-4,6H2,1H3,(H,17,18)(H2,13,14,19). The number of carbonyl (C=O) groups excluding carboxylic acids is 1. The van der Waals surface area contributed by atoms with E-state index in [4.69, 9.17) is 9.84 Å². The third-order valence-electron chi connectivity index (χ3n) is 3.08. The minimum atomic E-state index is -0.950. The number of aromatic nitrogens is 2. The second kappa shape index (κ2) is 6.38. The van der Waals surface area contributed by atoms with Gasteiger partial charge >= 0.3 is 12.0 Å². The molecule has 20 heavy (non-hydrogen) atoms. The van der Waals surface area contributed by atoms with Gasteiger partial charge in [0.1, 0.15) is 0 Å². The smallest absolute Gasteiger partial charge is 0.332 e. The molecule has 0 bridgehead atoms. The van der Waals surface area contributed by atoms with Crippen molar-refractivity contribution >= 4 is 12.0 Å². The van der Waals surface area contributed by atoms with Gasteiger partial charge in [0.15, 0.2) is 6.10 Å². The Morgan fingerprint density at radius 2 is 2.30 bits per heavy atom. The molecule has 1 aromatic heterocycles. The van der Waals surface area contributed by atoms with Gasteiger partial charge in [-0.25, -0.2) is 9.59 Å². The molecule has 1 aliphatic heterocycles. The molecule has 0 saturated carbocycles. The zero-order valence-corrected chi connectivity index (χ0v) is 11.2. The molecule has 0 aliphatic carbocycles. The van der Waals surface area contributed by atoms with Gasteiger partial charge in [-0.3, -0.25) is 4.68 Å². The SMILES string of the molecule is Cn1cc(CNC(=O)NCC2CCC(C(=O)O)O2)cn1. The fourth-order valence-electron chi connectivity index (χ4n) is 2.05. The molecule has 1 aliphatic rings. The first-order chi connectivity index (χ1) is 9.54. The molecule has 2 amide bonds. The Kier molecular flexibility index (Phi) is 4.57. The van der Waals surface area contributed by atoms with Crippen LogP contribution >= 0.6 is 0 Å². The maximum Gasteiger partial charge on any atom is 0.332 e. The maximum atomic E-state index is 11.6. The van der Waals surface area contributed by atoms with Crippen LogP contribution in [0.25, 0.3) is 0 Å². The number of amides is 2. The Labute approximate surface area is 116 Å². The summed E-state index contributed by atoms with van der Waals surface area (Å²) in [6.45, 7) is 0.700. The lowest BCUT2D eigenvalue weighted by Crippen LogP contribution is -2.39. The average Bonchev–Trinajstić information content (AvgIpc) is 3.03. The highest BCUT2D eigenvalue weighted by atomic mass is 16.5. The summed E-state index contributed by atoms with van der Waals surface area (Å²) in [5, 5.41) is 18.1. The Balaban J connectivity index is 1.64. The normalized spacial score (nSPS) is 21.6. The van der Waals surface area contributed by atoms with Crippen molar-refractivity contribution in [2.45, 2.75) is 31.6 Å². The van der Waals surface area contributed by atoms with Gasteiger partial charge in [0.05, 0.1) is 12.3 Å². The van der Waals surface area contributed by atoms with Crippen molar-refractivity contribution in [3.8, 4) is 0 Å². The van der Waals surface area contributed by atoms with E-state index >= 15 is 0 Å². The predicted molar refractivity (Wildman–Crippen MR) is 69.0 cm³/mol. The number of nitrogens with zero attached hydrogens (tertiary/aromatic N) is 2. The summed E-state index contributed by atoms with van der Waals surface area (Å²) in [5.41, 5.74) is 0.908. The highest BCUT2D eigenvalue weighted by Crippen LogP contribution is 2.19. The summed E-state index contributed by atoms with van der Waals surface area (Å²) in [7, 11) is 1.81. The molecule has 1 aromatic rings. The number of nitrogens with one attached hydrogen (secondary N) is 2. The molecule has 8 heteroatoms. The van der Waals surface area contributed by atoms with E-state index in [9.17, 15) is 9.59 Å². The number of aliphatic carboxylic acids is 1. The van der Waals surface area contributed by atoms with Crippen molar-refractivity contribution in [1.82, 2.24) is 20.4 Å². The topological polar surface area (TPSA) is 105 Å². The van der Waals surface area contributed by atoms with E-state index in [0.717, 1.165) is 5.56 Å². The van der Waals surface area contributed by atoms with Crippen molar-refractivity contribution in [3.05, 3.63) is 18.0 Å². The third-order valence-corrected chi connectivity index (χ3v) is 3.08. The van der Waals surface area contributed by atoms with Crippen LogP contribution in [0.1, 0.15) is 18.4 Å². The summed E-state index contributed by atoms with van der Waals surface area (Å²) in [6.07, 6.45) is 3.63. The van der Waals surface area contributed by atoms with Gasteiger partial charge in [-0.15, -0.1) is 0 Å². The van der Waals surface area contributed by atoms with Crippen LogP contribution in [-0.4, -0.2) is 45.6 Å². The molecule has 0 radical (unpaired) electrons. The number of hydrogen-bond acceptors (Lipinski definition) is 4. The summed E-state index contributed by atoms with van der Waals surface area (Å²) >= 11 is 0. The Bertz CT molecular complexity index is 488. The molecule has 2 rings (SSSR count). The number of carbonyl (C=O) groups is 2. The van der Waals surface area contributed by atoms with Crippen molar-refractivity contribution in [2.24, 2.45) is 7.05 Å². The molecular formula is C12H18N4O4. The van der Waals surface area contributed by atoms with E-state index in [1.165, 1.54) is 0 Å². The number of urea groups is 1. The second-order valence-corrected chi connectivity index (χ2v) is 4.75. The predicted octanol–water partition coefficient (Wildman–Crippen LogP) is -0.148. The number of aryl methyl sites for hydroxylation is 1. The Morgan fingerprint density at radius 1 is 1.50 bits per heavy atom. The van der Waals surface area contributed by atoms with E-state index in [1.807, 2.05) is 6.20 Å². The van der Waals surface area contributed by atoms with Gasteiger partial charge in [0, 0.05) is 31.9 Å². The van der Waals surface area contributed by atoms with Crippen molar-refractivity contribution in [1.29, 1.82) is 0 Å². The van der Waals surface area contributed by atoms with Crippen LogP contribution in [0.5, 0.6) is 0 Å². The van der Waals surface area contributed by atoms with Crippen molar-refractivity contribution in [3.63, 3.8) is 0 Å². The first-order valence-corrected chi connectivity index (χ1v) is 6.42. The molecule has 0 spiro atoms. The number of carboxylic acids is 1. The Hall–Kier alpha value is -2.09. The maximum absolute atomic E-state index is 11.6. The molecule has 8 nitrogen and oxygen atoms in total. The molecule has 1 fully saturated rings. The molecule has 2 heterocycles. The largest absolute Gasteiger partial charge is 0.479 e. The lowest BCUT2D eigenvalue weighted by molar-refractivity contribution is -0.149. The molecule has 0 aromatic carbocycles. The quantitative estimate of drug-likeness (QED) is 0.696.